The molecule has 1 saturated carbocycles. The monoisotopic (exact) mass is 331 g/mol. The van der Waals surface area contributed by atoms with E-state index in [0.29, 0.717) is 6.54 Å². The Morgan fingerprint density at radius 1 is 1.33 bits per heavy atom. The lowest BCUT2D eigenvalue weighted by molar-refractivity contribution is -0.149. The minimum absolute atomic E-state index is 0.0452. The first-order valence-corrected chi connectivity index (χ1v) is 8.75. The Hall–Kier alpha value is -2.11. The molecule has 2 aliphatic rings. The molecule has 1 unspecified atom stereocenters. The first-order chi connectivity index (χ1) is 11.6. The van der Waals surface area contributed by atoms with Gasteiger partial charge in [-0.3, -0.25) is 9.59 Å². The third-order valence-electron chi connectivity index (χ3n) is 4.96. The summed E-state index contributed by atoms with van der Waals surface area (Å²) in [6, 6.07) is 3.95. The summed E-state index contributed by atoms with van der Waals surface area (Å²) in [6.07, 6.45) is 6.54. The Morgan fingerprint density at radius 3 is 2.83 bits per heavy atom. The molecule has 3 rings (SSSR count). The third kappa shape index (κ3) is 3.68. The minimum atomic E-state index is -0.523. The van der Waals surface area contributed by atoms with Crippen molar-refractivity contribution in [1.29, 1.82) is 0 Å². The Morgan fingerprint density at radius 2 is 2.12 bits per heavy atom. The molecule has 0 bridgehead atoms. The average molecular weight is 331 g/mol. The molecule has 1 aromatic rings. The number of hydrogen-bond donors (Lipinski definition) is 2. The first kappa shape index (κ1) is 16.7. The van der Waals surface area contributed by atoms with Crippen LogP contribution in [0.4, 0.5) is 5.82 Å². The van der Waals surface area contributed by atoms with E-state index in [-0.39, 0.29) is 24.2 Å². The lowest BCUT2D eigenvalue weighted by Crippen LogP contribution is -2.43. The molecule has 130 valence electrons. The molecule has 1 aliphatic heterocycles. The molecule has 6 heteroatoms. The number of ether oxygens (including phenoxy) is 1. The lowest BCUT2D eigenvalue weighted by Gasteiger charge is -2.27. The second kappa shape index (κ2) is 7.20. The number of carbonyl (C=O) groups excluding carboxylic acids is 2. The molecule has 1 aromatic heterocycles. The van der Waals surface area contributed by atoms with Gasteiger partial charge >= 0.3 is 5.97 Å². The molecule has 1 atom stereocenters. The summed E-state index contributed by atoms with van der Waals surface area (Å²) in [5.41, 5.74) is 0.604. The molecule has 2 heterocycles. The number of carbonyl (C=O) groups is 2. The summed E-state index contributed by atoms with van der Waals surface area (Å²) in [6.45, 7) is 3.32. The third-order valence-corrected chi connectivity index (χ3v) is 4.96. The largest absolute Gasteiger partial charge is 0.458 e. The van der Waals surface area contributed by atoms with E-state index in [1.165, 1.54) is 0 Å². The van der Waals surface area contributed by atoms with Crippen molar-refractivity contribution in [2.45, 2.75) is 51.0 Å². The van der Waals surface area contributed by atoms with Crippen molar-refractivity contribution in [2.75, 3.05) is 18.4 Å². The van der Waals surface area contributed by atoms with E-state index >= 15 is 0 Å². The highest BCUT2D eigenvalue weighted by Crippen LogP contribution is 2.45. The molecular formula is C18H25N3O3. The summed E-state index contributed by atoms with van der Waals surface area (Å²) >= 11 is 0. The average Bonchev–Trinajstić information content (AvgIpc) is 3.16. The Bertz CT molecular complexity index is 594. The number of aromatic nitrogens is 1. The van der Waals surface area contributed by atoms with Gasteiger partial charge in [0, 0.05) is 19.3 Å². The number of nitrogens with one attached hydrogen (secondary N) is 2. The fourth-order valence-electron chi connectivity index (χ4n) is 3.66. The van der Waals surface area contributed by atoms with Crippen molar-refractivity contribution in [1.82, 2.24) is 10.3 Å². The van der Waals surface area contributed by atoms with Crippen molar-refractivity contribution < 1.29 is 14.3 Å². The van der Waals surface area contributed by atoms with Crippen LogP contribution in [0.15, 0.2) is 18.3 Å². The van der Waals surface area contributed by atoms with E-state index in [2.05, 4.69) is 15.6 Å². The summed E-state index contributed by atoms with van der Waals surface area (Å²) in [7, 11) is 0. The second-order valence-corrected chi connectivity index (χ2v) is 6.79. The van der Waals surface area contributed by atoms with Crippen LogP contribution in [0.5, 0.6) is 0 Å². The van der Waals surface area contributed by atoms with Gasteiger partial charge in [0.15, 0.2) is 0 Å². The van der Waals surface area contributed by atoms with Gasteiger partial charge in [-0.1, -0.05) is 6.07 Å². The molecule has 1 aliphatic carbocycles. The summed E-state index contributed by atoms with van der Waals surface area (Å²) < 4.78 is 5.52. The second-order valence-electron chi connectivity index (χ2n) is 6.79. The molecule has 0 radical (unpaired) electrons. The highest BCUT2D eigenvalue weighted by atomic mass is 16.6. The maximum absolute atomic E-state index is 12.4. The van der Waals surface area contributed by atoms with Crippen molar-refractivity contribution in [3.8, 4) is 0 Å². The molecule has 6 nitrogen and oxygen atoms in total. The summed E-state index contributed by atoms with van der Waals surface area (Å²) in [4.78, 5) is 28.4. The molecule has 2 N–H and O–H groups in total. The number of rotatable bonds is 6. The van der Waals surface area contributed by atoms with Crippen LogP contribution < -0.4 is 10.6 Å². The number of nitrogens with zero attached hydrogens (tertiary/aromatic N) is 1. The standard InChI is InChI=1S/C18H25N3O3/c1-13-5-6-15(21-12-13)19-9-4-10-20-17(23)14-11-16(22)24-18(14)7-2-3-8-18/h5-6,12,14H,2-4,7-11H2,1H3,(H,19,21)(H,20,23). The van der Waals surface area contributed by atoms with Crippen LogP contribution in [0.25, 0.3) is 0 Å². The number of esters is 1. The smallest absolute Gasteiger partial charge is 0.307 e. The lowest BCUT2D eigenvalue weighted by atomic mass is 9.85. The topological polar surface area (TPSA) is 80.3 Å². The molecule has 2 fully saturated rings. The minimum Gasteiger partial charge on any atom is -0.458 e. The van der Waals surface area contributed by atoms with Crippen LogP contribution in [0.2, 0.25) is 0 Å². The van der Waals surface area contributed by atoms with Gasteiger partial charge in [-0.05, 0) is 50.7 Å². The van der Waals surface area contributed by atoms with Gasteiger partial charge in [0.1, 0.15) is 11.4 Å². The highest BCUT2D eigenvalue weighted by Gasteiger charge is 2.53. The quantitative estimate of drug-likeness (QED) is 0.617. The van der Waals surface area contributed by atoms with E-state index in [9.17, 15) is 9.59 Å². The van der Waals surface area contributed by atoms with Gasteiger partial charge in [0.05, 0.1) is 12.3 Å². The zero-order chi connectivity index (χ0) is 17.0. The van der Waals surface area contributed by atoms with Gasteiger partial charge in [-0.15, -0.1) is 0 Å². The van der Waals surface area contributed by atoms with E-state index in [0.717, 1.165) is 50.0 Å². The van der Waals surface area contributed by atoms with E-state index < -0.39 is 5.60 Å². The van der Waals surface area contributed by atoms with Gasteiger partial charge in [0.2, 0.25) is 5.91 Å². The zero-order valence-electron chi connectivity index (χ0n) is 14.1. The van der Waals surface area contributed by atoms with Gasteiger partial charge in [-0.2, -0.15) is 0 Å². The molecule has 1 spiro atoms. The van der Waals surface area contributed by atoms with E-state index in [4.69, 9.17) is 4.74 Å². The molecule has 1 amide bonds. The fourth-order valence-corrected chi connectivity index (χ4v) is 3.66. The predicted octanol–water partition coefficient (Wildman–Crippen LogP) is 2.18. The van der Waals surface area contributed by atoms with Crippen LogP contribution in [0.1, 0.15) is 44.1 Å². The van der Waals surface area contributed by atoms with Crippen LogP contribution in [-0.2, 0) is 14.3 Å². The Labute approximate surface area is 142 Å². The van der Waals surface area contributed by atoms with Crippen molar-refractivity contribution in [3.05, 3.63) is 23.9 Å². The fraction of sp³-hybridized carbons (Fsp3) is 0.611. The van der Waals surface area contributed by atoms with Gasteiger partial charge in [0.25, 0.3) is 0 Å². The van der Waals surface area contributed by atoms with E-state index in [1.54, 1.807) is 0 Å². The number of pyridine rings is 1. The van der Waals surface area contributed by atoms with Crippen LogP contribution in [-0.4, -0.2) is 35.6 Å². The predicted molar refractivity (Wildman–Crippen MR) is 90.5 cm³/mol. The zero-order valence-corrected chi connectivity index (χ0v) is 14.1. The number of hydrogen-bond acceptors (Lipinski definition) is 5. The van der Waals surface area contributed by atoms with Crippen molar-refractivity contribution in [3.63, 3.8) is 0 Å². The number of amides is 1. The van der Waals surface area contributed by atoms with Gasteiger partial charge < -0.3 is 15.4 Å². The normalized spacial score (nSPS) is 21.7. The van der Waals surface area contributed by atoms with Crippen molar-refractivity contribution >= 4 is 17.7 Å². The van der Waals surface area contributed by atoms with E-state index in [1.807, 2.05) is 25.3 Å². The molecule has 24 heavy (non-hydrogen) atoms. The first-order valence-electron chi connectivity index (χ1n) is 8.75. The maximum Gasteiger partial charge on any atom is 0.307 e. The Balaban J connectivity index is 1.41. The Kier molecular flexibility index (Phi) is 5.02. The number of aryl methyl sites for hydroxylation is 1. The molecular weight excluding hydrogens is 306 g/mol. The number of anilines is 1. The van der Waals surface area contributed by atoms with Crippen molar-refractivity contribution in [2.24, 2.45) is 5.92 Å². The maximum atomic E-state index is 12.4. The highest BCUT2D eigenvalue weighted by molar-refractivity contribution is 5.87. The van der Waals surface area contributed by atoms with Crippen LogP contribution in [0.3, 0.4) is 0 Å². The SMILES string of the molecule is Cc1ccc(NCCCNC(=O)C2CC(=O)OC23CCCC3)nc1. The molecule has 0 aromatic carbocycles. The summed E-state index contributed by atoms with van der Waals surface area (Å²) in [5.74, 6) is 0.242. The summed E-state index contributed by atoms with van der Waals surface area (Å²) in [5, 5.41) is 6.19. The molecule has 1 saturated heterocycles. The van der Waals surface area contributed by atoms with Gasteiger partial charge in [-0.25, -0.2) is 4.98 Å². The van der Waals surface area contributed by atoms with Crippen LogP contribution in [0, 0.1) is 12.8 Å². The van der Waals surface area contributed by atoms with Crippen LogP contribution >= 0.6 is 0 Å².